The summed E-state index contributed by atoms with van der Waals surface area (Å²) in [6, 6.07) is 0. The van der Waals surface area contributed by atoms with E-state index >= 15 is 0 Å². The Labute approximate surface area is 82.7 Å². The number of nitrogens with zero attached hydrogens (tertiary/aromatic N) is 2. The highest BCUT2D eigenvalue weighted by Gasteiger charge is 2.06. The lowest BCUT2D eigenvalue weighted by Gasteiger charge is -1.93. The molecule has 1 unspecified atom stereocenters. The Hall–Kier alpha value is -0.400. The number of hydrogen-bond donors (Lipinski definition) is 0. The van der Waals surface area contributed by atoms with Crippen LogP contribution in [0.5, 0.6) is 0 Å². The summed E-state index contributed by atoms with van der Waals surface area (Å²) in [4.78, 5) is 0. The van der Waals surface area contributed by atoms with Crippen molar-refractivity contribution < 1.29 is 4.74 Å². The Morgan fingerprint density at radius 1 is 1.46 bits per heavy atom. The molecule has 4 heteroatoms. The van der Waals surface area contributed by atoms with Crippen LogP contribution in [-0.2, 0) is 18.4 Å². The zero-order valence-electron chi connectivity index (χ0n) is 9.09. The van der Waals surface area contributed by atoms with Gasteiger partial charge in [-0.3, -0.25) is 4.68 Å². The minimum Gasteiger partial charge on any atom is -0.378 e. The molecule has 0 spiro atoms. The Bertz CT molecular complexity index is 258. The van der Waals surface area contributed by atoms with Crippen molar-refractivity contribution in [1.82, 2.24) is 9.78 Å². The van der Waals surface area contributed by atoms with Crippen LogP contribution in [0.2, 0.25) is 0 Å². The van der Waals surface area contributed by atoms with Gasteiger partial charge in [0.25, 0.3) is 0 Å². The van der Waals surface area contributed by atoms with Crippen molar-refractivity contribution in [2.24, 2.45) is 7.05 Å². The van der Waals surface area contributed by atoms with Crippen LogP contribution in [0.25, 0.3) is 0 Å². The summed E-state index contributed by atoms with van der Waals surface area (Å²) in [6.07, 6.45) is 0. The zero-order chi connectivity index (χ0) is 10.4. The third kappa shape index (κ3) is 3.09. The van der Waals surface area contributed by atoms with Crippen LogP contribution in [-0.4, -0.2) is 16.9 Å². The third-order valence-electron chi connectivity index (χ3n) is 1.72. The van der Waals surface area contributed by atoms with Gasteiger partial charge in [-0.25, -0.2) is 0 Å². The average Bonchev–Trinajstić information content (AvgIpc) is 2.38. The van der Waals surface area contributed by atoms with E-state index in [0.29, 0.717) is 6.61 Å². The van der Waals surface area contributed by atoms with Gasteiger partial charge in [-0.2, -0.15) is 5.10 Å². The van der Waals surface area contributed by atoms with E-state index < -0.39 is 0 Å². The van der Waals surface area contributed by atoms with Crippen molar-refractivity contribution >= 4 is 14.7 Å². The van der Waals surface area contributed by atoms with Crippen molar-refractivity contribution in [2.45, 2.75) is 27.4 Å². The van der Waals surface area contributed by atoms with E-state index in [1.165, 1.54) is 5.56 Å². The van der Waals surface area contributed by atoms with Crippen LogP contribution in [0.3, 0.4) is 0 Å². The lowest BCUT2D eigenvalue weighted by atomic mass is 10.3. The molecule has 1 aromatic rings. The molecule has 0 fully saturated rings. The van der Waals surface area contributed by atoms with Gasteiger partial charge >= 0.3 is 0 Å². The fraction of sp³-hybridized carbons (Fsp3) is 0.667. The van der Waals surface area contributed by atoms with Gasteiger partial charge < -0.3 is 4.74 Å². The van der Waals surface area contributed by atoms with Gasteiger partial charge in [-0.15, -0.1) is 0 Å². The van der Waals surface area contributed by atoms with Crippen molar-refractivity contribution in [2.75, 3.05) is 7.11 Å². The van der Waals surface area contributed by atoms with E-state index in [4.69, 9.17) is 4.74 Å². The van der Waals surface area contributed by atoms with Crippen LogP contribution in [0.4, 0.5) is 0 Å². The molecule has 0 N–H and O–H groups in total. The second-order valence-corrected chi connectivity index (χ2v) is 3.06. The molecule has 13 heavy (non-hydrogen) atoms. The van der Waals surface area contributed by atoms with E-state index in [-0.39, 0.29) is 0 Å². The lowest BCUT2D eigenvalue weighted by Crippen LogP contribution is -2.06. The first-order chi connectivity index (χ1) is 6.16. The predicted octanol–water partition coefficient (Wildman–Crippen LogP) is 1.40. The van der Waals surface area contributed by atoms with Gasteiger partial charge in [0.15, 0.2) is 0 Å². The fourth-order valence-corrected chi connectivity index (χ4v) is 1.20. The number of ether oxygens (including phenoxy) is 1. The van der Waals surface area contributed by atoms with E-state index in [0.717, 1.165) is 11.1 Å². The maximum atomic E-state index is 4.99. The molecular formula is C9H19N2OP. The normalized spacial score (nSPS) is 9.38. The summed E-state index contributed by atoms with van der Waals surface area (Å²) in [5.74, 6) is 0. The Balaban J connectivity index is 0.000000671. The molecule has 76 valence electrons. The maximum Gasteiger partial charge on any atom is 0.0917 e. The SMILES string of the molecule is CC.COCc1nn(C)c(P)c1C. The highest BCUT2D eigenvalue weighted by atomic mass is 31.0. The first-order valence-corrected chi connectivity index (χ1v) is 5.01. The molecule has 1 heterocycles. The van der Waals surface area contributed by atoms with E-state index in [1.807, 2.05) is 32.5 Å². The molecule has 0 amide bonds. The van der Waals surface area contributed by atoms with Gasteiger partial charge in [-0.05, 0) is 12.5 Å². The molecule has 1 rings (SSSR count). The number of hydrogen-bond acceptors (Lipinski definition) is 2. The fourth-order valence-electron chi connectivity index (χ4n) is 0.974. The standard InChI is InChI=1S/C7H13N2OP.C2H6/c1-5-6(4-10-3)8-9(2)7(5)11;1-2/h4,11H2,1-3H3;1-2H3. The zero-order valence-corrected chi connectivity index (χ0v) is 10.2. The largest absolute Gasteiger partial charge is 0.378 e. The molecule has 0 aliphatic carbocycles. The minimum absolute atomic E-state index is 0.591. The Morgan fingerprint density at radius 3 is 2.31 bits per heavy atom. The number of methoxy groups -OCH3 is 1. The molecule has 0 saturated heterocycles. The smallest absolute Gasteiger partial charge is 0.0917 e. The monoisotopic (exact) mass is 202 g/mol. The maximum absolute atomic E-state index is 4.99. The van der Waals surface area contributed by atoms with Gasteiger partial charge in [-0.1, -0.05) is 23.1 Å². The van der Waals surface area contributed by atoms with Gasteiger partial charge in [0.1, 0.15) is 0 Å². The second kappa shape index (κ2) is 6.11. The molecule has 0 bridgehead atoms. The van der Waals surface area contributed by atoms with Gasteiger partial charge in [0.2, 0.25) is 0 Å². The molecule has 0 radical (unpaired) electrons. The quantitative estimate of drug-likeness (QED) is 0.678. The van der Waals surface area contributed by atoms with Crippen LogP contribution < -0.4 is 5.44 Å². The summed E-state index contributed by atoms with van der Waals surface area (Å²) < 4.78 is 6.83. The van der Waals surface area contributed by atoms with Crippen LogP contribution in [0.15, 0.2) is 0 Å². The highest BCUT2D eigenvalue weighted by Crippen LogP contribution is 2.05. The van der Waals surface area contributed by atoms with Crippen LogP contribution >= 0.6 is 9.24 Å². The first kappa shape index (κ1) is 12.6. The summed E-state index contributed by atoms with van der Waals surface area (Å²) in [6.45, 7) is 6.64. The topological polar surface area (TPSA) is 27.1 Å². The van der Waals surface area contributed by atoms with Gasteiger partial charge in [0.05, 0.1) is 17.7 Å². The minimum atomic E-state index is 0.591. The lowest BCUT2D eigenvalue weighted by molar-refractivity contribution is 0.180. The van der Waals surface area contributed by atoms with Crippen molar-refractivity contribution in [3.05, 3.63) is 11.3 Å². The molecule has 1 aromatic heterocycles. The molecule has 3 nitrogen and oxygen atoms in total. The van der Waals surface area contributed by atoms with E-state index in [1.54, 1.807) is 7.11 Å². The molecular weight excluding hydrogens is 183 g/mol. The Kier molecular flexibility index (Phi) is 5.93. The van der Waals surface area contributed by atoms with Gasteiger partial charge in [0, 0.05) is 14.2 Å². The summed E-state index contributed by atoms with van der Waals surface area (Å²) in [5, 5.41) is 4.27. The summed E-state index contributed by atoms with van der Waals surface area (Å²) in [7, 11) is 6.26. The summed E-state index contributed by atoms with van der Waals surface area (Å²) >= 11 is 0. The van der Waals surface area contributed by atoms with E-state index in [9.17, 15) is 0 Å². The number of rotatable bonds is 2. The molecule has 0 saturated carbocycles. The van der Waals surface area contributed by atoms with Crippen LogP contribution in [0, 0.1) is 6.92 Å². The van der Waals surface area contributed by atoms with Crippen molar-refractivity contribution in [3.8, 4) is 0 Å². The molecule has 0 aliphatic rings. The highest BCUT2D eigenvalue weighted by molar-refractivity contribution is 7.27. The number of aryl methyl sites for hydroxylation is 1. The first-order valence-electron chi connectivity index (χ1n) is 4.43. The van der Waals surface area contributed by atoms with E-state index in [2.05, 4.69) is 14.3 Å². The molecule has 0 aromatic carbocycles. The van der Waals surface area contributed by atoms with Crippen molar-refractivity contribution in [1.29, 1.82) is 0 Å². The molecule has 0 aliphatic heterocycles. The predicted molar refractivity (Wildman–Crippen MR) is 59.4 cm³/mol. The number of aromatic nitrogens is 2. The third-order valence-corrected chi connectivity index (χ3v) is 2.52. The van der Waals surface area contributed by atoms with Crippen molar-refractivity contribution in [3.63, 3.8) is 0 Å². The average molecular weight is 202 g/mol. The van der Waals surface area contributed by atoms with Crippen LogP contribution in [0.1, 0.15) is 25.1 Å². The molecule has 1 atom stereocenters. The second-order valence-electron chi connectivity index (χ2n) is 2.51. The Morgan fingerprint density at radius 2 is 2.00 bits per heavy atom. The summed E-state index contributed by atoms with van der Waals surface area (Å²) in [5.41, 5.74) is 3.33.